The first kappa shape index (κ1) is 11.6. The summed E-state index contributed by atoms with van der Waals surface area (Å²) in [6.45, 7) is 5.00. The first-order valence-corrected chi connectivity index (χ1v) is 7.26. The number of hydrogen-bond donors (Lipinski definition) is 1. The van der Waals surface area contributed by atoms with Crippen LogP contribution in [0, 0.1) is 0 Å². The number of rotatable bonds is 1. The van der Waals surface area contributed by atoms with Crippen LogP contribution in [-0.2, 0) is 12.8 Å². The van der Waals surface area contributed by atoms with E-state index in [4.69, 9.17) is 9.47 Å². The van der Waals surface area contributed by atoms with Crippen molar-refractivity contribution in [2.24, 2.45) is 0 Å². The summed E-state index contributed by atoms with van der Waals surface area (Å²) >= 11 is 0. The molecule has 1 unspecified atom stereocenters. The summed E-state index contributed by atoms with van der Waals surface area (Å²) in [4.78, 5) is 2.64. The van der Waals surface area contributed by atoms with E-state index in [1.54, 1.807) is 0 Å². The molecule has 1 aromatic carbocycles. The van der Waals surface area contributed by atoms with Crippen molar-refractivity contribution in [1.29, 1.82) is 0 Å². The molecular weight excluding hydrogens is 240 g/mol. The van der Waals surface area contributed by atoms with Gasteiger partial charge in [0, 0.05) is 32.2 Å². The first-order chi connectivity index (χ1) is 9.40. The summed E-state index contributed by atoms with van der Waals surface area (Å²) in [6.07, 6.45) is 3.60. The number of hydrogen-bond acceptors (Lipinski definition) is 4. The second-order valence-corrected chi connectivity index (χ2v) is 5.66. The molecule has 19 heavy (non-hydrogen) atoms. The van der Waals surface area contributed by atoms with Crippen molar-refractivity contribution in [3.05, 3.63) is 23.3 Å². The number of ether oxygens (including phenoxy) is 2. The molecule has 1 fully saturated rings. The Balaban J connectivity index is 1.56. The molecule has 0 spiro atoms. The summed E-state index contributed by atoms with van der Waals surface area (Å²) < 4.78 is 11.0. The van der Waals surface area contributed by atoms with Gasteiger partial charge >= 0.3 is 0 Å². The maximum atomic E-state index is 5.50. The Hall–Kier alpha value is -1.26. The van der Waals surface area contributed by atoms with E-state index in [0.717, 1.165) is 31.0 Å². The SMILES string of the molecule is c1c2c(cc3c1OCO3)CC(N1CCNCC1)CC2. The molecule has 0 saturated carbocycles. The van der Waals surface area contributed by atoms with Gasteiger partial charge in [0.1, 0.15) is 0 Å². The maximum absolute atomic E-state index is 5.50. The van der Waals surface area contributed by atoms with Gasteiger partial charge in [-0.25, -0.2) is 0 Å². The molecule has 1 aliphatic carbocycles. The Labute approximate surface area is 113 Å². The van der Waals surface area contributed by atoms with E-state index < -0.39 is 0 Å². The fourth-order valence-electron chi connectivity index (χ4n) is 3.49. The molecule has 0 radical (unpaired) electrons. The standard InChI is InChI=1S/C15H20N2O2/c1-2-13(17-5-3-16-4-6-17)7-12-9-15-14(8-11(1)12)18-10-19-15/h8-9,13,16H,1-7,10H2. The van der Waals surface area contributed by atoms with Crippen LogP contribution in [0.4, 0.5) is 0 Å². The van der Waals surface area contributed by atoms with Crippen LogP contribution < -0.4 is 14.8 Å². The number of aryl methyl sites for hydroxylation is 1. The molecule has 0 bridgehead atoms. The highest BCUT2D eigenvalue weighted by Gasteiger charge is 2.27. The summed E-state index contributed by atoms with van der Waals surface area (Å²) in [5, 5.41) is 3.43. The Kier molecular flexibility index (Phi) is 2.85. The van der Waals surface area contributed by atoms with Crippen molar-refractivity contribution in [3.63, 3.8) is 0 Å². The fourth-order valence-corrected chi connectivity index (χ4v) is 3.49. The van der Waals surface area contributed by atoms with Crippen LogP contribution in [0.3, 0.4) is 0 Å². The molecule has 1 atom stereocenters. The molecule has 102 valence electrons. The van der Waals surface area contributed by atoms with Crippen LogP contribution in [-0.4, -0.2) is 43.9 Å². The van der Waals surface area contributed by atoms with E-state index in [1.165, 1.54) is 37.1 Å². The van der Waals surface area contributed by atoms with Crippen molar-refractivity contribution in [2.75, 3.05) is 33.0 Å². The average Bonchev–Trinajstić information content (AvgIpc) is 2.92. The summed E-state index contributed by atoms with van der Waals surface area (Å²) in [7, 11) is 0. The summed E-state index contributed by atoms with van der Waals surface area (Å²) in [5.41, 5.74) is 2.91. The van der Waals surface area contributed by atoms with Crippen LogP contribution in [0.25, 0.3) is 0 Å². The second kappa shape index (κ2) is 4.69. The largest absolute Gasteiger partial charge is 0.454 e. The molecule has 1 aromatic rings. The van der Waals surface area contributed by atoms with Crippen LogP contribution >= 0.6 is 0 Å². The normalized spacial score (nSPS) is 26.2. The van der Waals surface area contributed by atoms with Crippen LogP contribution in [0.5, 0.6) is 11.5 Å². The van der Waals surface area contributed by atoms with Crippen LogP contribution in [0.2, 0.25) is 0 Å². The zero-order valence-electron chi connectivity index (χ0n) is 11.2. The number of fused-ring (bicyclic) bond motifs is 2. The molecule has 2 aliphatic heterocycles. The van der Waals surface area contributed by atoms with Crippen molar-refractivity contribution in [2.45, 2.75) is 25.3 Å². The van der Waals surface area contributed by atoms with Gasteiger partial charge in [0.15, 0.2) is 11.5 Å². The lowest BCUT2D eigenvalue weighted by atomic mass is 9.87. The number of nitrogens with zero attached hydrogens (tertiary/aromatic N) is 1. The van der Waals surface area contributed by atoms with E-state index in [0.29, 0.717) is 12.8 Å². The highest BCUT2D eigenvalue weighted by Crippen LogP contribution is 2.38. The molecular formula is C15H20N2O2. The molecule has 0 amide bonds. The highest BCUT2D eigenvalue weighted by atomic mass is 16.7. The van der Waals surface area contributed by atoms with Crippen molar-refractivity contribution >= 4 is 0 Å². The van der Waals surface area contributed by atoms with Gasteiger partial charge in [-0.1, -0.05) is 0 Å². The minimum absolute atomic E-state index is 0.374. The van der Waals surface area contributed by atoms with E-state index in [-0.39, 0.29) is 0 Å². The first-order valence-electron chi connectivity index (χ1n) is 7.26. The minimum Gasteiger partial charge on any atom is -0.454 e. The molecule has 4 nitrogen and oxygen atoms in total. The lowest BCUT2D eigenvalue weighted by Gasteiger charge is -2.37. The number of nitrogens with one attached hydrogen (secondary N) is 1. The lowest BCUT2D eigenvalue weighted by Crippen LogP contribution is -2.50. The Bertz CT molecular complexity index is 483. The van der Waals surface area contributed by atoms with Gasteiger partial charge in [-0.2, -0.15) is 0 Å². The lowest BCUT2D eigenvalue weighted by molar-refractivity contribution is 0.159. The zero-order valence-corrected chi connectivity index (χ0v) is 11.2. The molecule has 1 saturated heterocycles. The van der Waals surface area contributed by atoms with Crippen LogP contribution in [0.15, 0.2) is 12.1 Å². The maximum Gasteiger partial charge on any atom is 0.231 e. The smallest absolute Gasteiger partial charge is 0.231 e. The van der Waals surface area contributed by atoms with E-state index in [2.05, 4.69) is 22.3 Å². The molecule has 2 heterocycles. The predicted molar refractivity (Wildman–Crippen MR) is 72.8 cm³/mol. The van der Waals surface area contributed by atoms with Gasteiger partial charge in [0.05, 0.1) is 0 Å². The quantitative estimate of drug-likeness (QED) is 0.822. The highest BCUT2D eigenvalue weighted by molar-refractivity contribution is 5.49. The molecule has 0 aromatic heterocycles. The average molecular weight is 260 g/mol. The monoisotopic (exact) mass is 260 g/mol. The Morgan fingerprint density at radius 1 is 1.05 bits per heavy atom. The van der Waals surface area contributed by atoms with E-state index in [1.807, 2.05) is 0 Å². The van der Waals surface area contributed by atoms with Crippen LogP contribution in [0.1, 0.15) is 17.5 Å². The Morgan fingerprint density at radius 3 is 2.58 bits per heavy atom. The fraction of sp³-hybridized carbons (Fsp3) is 0.600. The number of piperazine rings is 1. The zero-order chi connectivity index (χ0) is 12.7. The molecule has 3 aliphatic rings. The van der Waals surface area contributed by atoms with Crippen molar-refractivity contribution < 1.29 is 9.47 Å². The van der Waals surface area contributed by atoms with Gasteiger partial charge in [-0.05, 0) is 42.5 Å². The third-order valence-electron chi connectivity index (χ3n) is 4.57. The van der Waals surface area contributed by atoms with Gasteiger partial charge in [0.25, 0.3) is 0 Å². The summed E-state index contributed by atoms with van der Waals surface area (Å²) in [6, 6.07) is 5.09. The molecule has 1 N–H and O–H groups in total. The van der Waals surface area contributed by atoms with Gasteiger partial charge < -0.3 is 14.8 Å². The summed E-state index contributed by atoms with van der Waals surface area (Å²) in [5.74, 6) is 1.86. The topological polar surface area (TPSA) is 33.7 Å². The third kappa shape index (κ3) is 2.09. The Morgan fingerprint density at radius 2 is 1.79 bits per heavy atom. The van der Waals surface area contributed by atoms with E-state index >= 15 is 0 Å². The number of benzene rings is 1. The minimum atomic E-state index is 0.374. The van der Waals surface area contributed by atoms with Gasteiger partial charge in [-0.3, -0.25) is 4.90 Å². The molecule has 4 rings (SSSR count). The third-order valence-corrected chi connectivity index (χ3v) is 4.57. The second-order valence-electron chi connectivity index (χ2n) is 5.66. The van der Waals surface area contributed by atoms with Gasteiger partial charge in [0.2, 0.25) is 6.79 Å². The van der Waals surface area contributed by atoms with Gasteiger partial charge in [-0.15, -0.1) is 0 Å². The predicted octanol–water partition coefficient (Wildman–Crippen LogP) is 1.18. The molecule has 4 heteroatoms. The van der Waals surface area contributed by atoms with Crippen molar-refractivity contribution in [1.82, 2.24) is 10.2 Å². The van der Waals surface area contributed by atoms with Crippen molar-refractivity contribution in [3.8, 4) is 11.5 Å². The van der Waals surface area contributed by atoms with E-state index in [9.17, 15) is 0 Å².